The Balaban J connectivity index is 2.72. The first-order valence-electron chi connectivity index (χ1n) is 2.25. The van der Waals surface area contributed by atoms with Gasteiger partial charge in [0.2, 0.25) is 0 Å². The maximum atomic E-state index is 9.82. The molecule has 1 aromatic rings. The molecule has 46 valence electrons. The number of anilines is 1. The van der Waals surface area contributed by atoms with Crippen molar-refractivity contribution in [1.82, 2.24) is 9.97 Å². The second kappa shape index (κ2) is 3.03. The maximum Gasteiger partial charge on any atom is 0.627 e. The zero-order valence-electron chi connectivity index (χ0n) is 4.44. The van der Waals surface area contributed by atoms with E-state index in [2.05, 4.69) is 14.7 Å². The summed E-state index contributed by atoms with van der Waals surface area (Å²) in [5.74, 6) is 0.345. The van der Waals surface area contributed by atoms with E-state index in [0.29, 0.717) is 5.95 Å². The van der Waals surface area contributed by atoms with E-state index in [-0.39, 0.29) is 11.9 Å². The topological polar surface area (TPSA) is 54.9 Å². The highest BCUT2D eigenvalue weighted by Gasteiger charge is 1.98. The number of nitrogens with zero attached hydrogens (tertiary/aromatic N) is 2. The Bertz CT molecular complexity index is 190. The van der Waals surface area contributed by atoms with Crippen LogP contribution in [0.5, 0.6) is 0 Å². The Labute approximate surface area is 56.0 Å². The summed E-state index contributed by atoms with van der Waals surface area (Å²) in [5.41, 5.74) is 0. The minimum Gasteiger partial charge on any atom is -0.218 e. The first-order chi connectivity index (χ1) is 4.43. The van der Waals surface area contributed by atoms with Gasteiger partial charge < -0.3 is 0 Å². The molecule has 0 amide bonds. The zero-order valence-corrected chi connectivity index (χ0v) is 5.26. The maximum absolute atomic E-state index is 9.82. The van der Waals surface area contributed by atoms with Crippen molar-refractivity contribution in [3.05, 3.63) is 18.5 Å². The van der Waals surface area contributed by atoms with Crippen molar-refractivity contribution >= 4 is 17.8 Å². The normalized spacial score (nSPS) is 8.44. The van der Waals surface area contributed by atoms with Crippen LogP contribution in [0.2, 0.25) is 0 Å². The van der Waals surface area contributed by atoms with Crippen LogP contribution in [0.25, 0.3) is 0 Å². The first-order valence-corrected chi connectivity index (χ1v) is 2.99. The molecule has 0 saturated heterocycles. The molecule has 0 atom stereocenters. The molecule has 0 aliphatic carbocycles. The van der Waals surface area contributed by atoms with Gasteiger partial charge in [-0.25, -0.2) is 9.97 Å². The summed E-state index contributed by atoms with van der Waals surface area (Å²) in [6.07, 6.45) is 3.12. The molecule has 1 rings (SSSR count). The monoisotopic (exact) mass is 142 g/mol. The van der Waals surface area contributed by atoms with Crippen molar-refractivity contribution in [3.8, 4) is 0 Å². The van der Waals surface area contributed by atoms with E-state index in [1.807, 2.05) is 0 Å². The van der Waals surface area contributed by atoms with E-state index in [9.17, 15) is 4.21 Å². The molecule has 1 N–H and O–H groups in total. The quantitative estimate of drug-likeness (QED) is 0.475. The molecule has 1 aromatic heterocycles. The standard InChI is InChI=1S/C4H4N3OS/c8-9-7-4-5-2-1-3-6-4/h1-3H,(H,5,6,7,8)/q+1. The van der Waals surface area contributed by atoms with Gasteiger partial charge in [-0.05, 0) is 6.07 Å². The lowest BCUT2D eigenvalue weighted by molar-refractivity contribution is 0.607. The van der Waals surface area contributed by atoms with Gasteiger partial charge >= 0.3 is 11.9 Å². The van der Waals surface area contributed by atoms with Crippen LogP contribution >= 0.6 is 0 Å². The summed E-state index contributed by atoms with van der Waals surface area (Å²) in [6, 6.07) is 1.68. The van der Waals surface area contributed by atoms with Crippen molar-refractivity contribution in [2.45, 2.75) is 0 Å². The molecule has 5 heteroatoms. The van der Waals surface area contributed by atoms with Gasteiger partial charge in [0.15, 0.2) is 0 Å². The molecule has 0 spiro atoms. The van der Waals surface area contributed by atoms with E-state index >= 15 is 0 Å². The minimum absolute atomic E-state index is 0.230. The van der Waals surface area contributed by atoms with Gasteiger partial charge in [-0.2, -0.15) is 0 Å². The van der Waals surface area contributed by atoms with Gasteiger partial charge in [-0.1, -0.05) is 4.72 Å². The molecule has 0 fully saturated rings. The lowest BCUT2D eigenvalue weighted by atomic mass is 10.7. The molecular weight excluding hydrogens is 138 g/mol. The van der Waals surface area contributed by atoms with Gasteiger partial charge in [0.1, 0.15) is 0 Å². The van der Waals surface area contributed by atoms with Crippen LogP contribution in [0.15, 0.2) is 18.5 Å². The number of hydrogen-bond acceptors (Lipinski definition) is 3. The van der Waals surface area contributed by atoms with Crippen LogP contribution in [0, 0.1) is 0 Å². The zero-order chi connectivity index (χ0) is 6.53. The number of aromatic nitrogens is 2. The Morgan fingerprint density at radius 2 is 2.11 bits per heavy atom. The number of nitrogens with one attached hydrogen (secondary N) is 1. The summed E-state index contributed by atoms with van der Waals surface area (Å²) in [6.45, 7) is 0. The fraction of sp³-hybridized carbons (Fsp3) is 0. The summed E-state index contributed by atoms with van der Waals surface area (Å²) in [7, 11) is 0. The van der Waals surface area contributed by atoms with Crippen LogP contribution < -0.4 is 4.72 Å². The highest BCUT2D eigenvalue weighted by molar-refractivity contribution is 7.67. The predicted octanol–water partition coefficient (Wildman–Crippen LogP) is 0.232. The predicted molar refractivity (Wildman–Crippen MR) is 33.7 cm³/mol. The first kappa shape index (κ1) is 6.03. The van der Waals surface area contributed by atoms with Crippen molar-refractivity contribution in [1.29, 1.82) is 0 Å². The smallest absolute Gasteiger partial charge is 0.218 e. The van der Waals surface area contributed by atoms with Crippen molar-refractivity contribution < 1.29 is 4.21 Å². The van der Waals surface area contributed by atoms with E-state index in [4.69, 9.17) is 0 Å². The largest absolute Gasteiger partial charge is 0.627 e. The Kier molecular flexibility index (Phi) is 2.03. The second-order valence-corrected chi connectivity index (χ2v) is 1.63. The lowest BCUT2D eigenvalue weighted by Gasteiger charge is -1.82. The molecule has 0 radical (unpaired) electrons. The molecule has 0 unspecified atom stereocenters. The average molecular weight is 142 g/mol. The second-order valence-electron chi connectivity index (χ2n) is 1.26. The van der Waals surface area contributed by atoms with Crippen LogP contribution in [0.1, 0.15) is 0 Å². The van der Waals surface area contributed by atoms with Crippen molar-refractivity contribution in [2.24, 2.45) is 0 Å². The van der Waals surface area contributed by atoms with Gasteiger partial charge in [-0.15, -0.1) is 0 Å². The molecule has 0 saturated carbocycles. The molecule has 1 heterocycles. The SMILES string of the molecule is O=[S+]Nc1ncccn1. The number of rotatable bonds is 2. The molecule has 0 aliphatic rings. The van der Waals surface area contributed by atoms with E-state index < -0.39 is 0 Å². The Morgan fingerprint density at radius 1 is 1.44 bits per heavy atom. The highest BCUT2D eigenvalue weighted by atomic mass is 32.2. The van der Waals surface area contributed by atoms with Gasteiger partial charge in [0, 0.05) is 12.4 Å². The third kappa shape index (κ3) is 1.69. The molecule has 0 bridgehead atoms. The highest BCUT2D eigenvalue weighted by Crippen LogP contribution is 1.90. The molecular formula is C4H4N3OS+. The fourth-order valence-corrected chi connectivity index (χ4v) is 0.569. The summed E-state index contributed by atoms with van der Waals surface area (Å²) < 4.78 is 12.2. The van der Waals surface area contributed by atoms with Gasteiger partial charge in [0.05, 0.1) is 4.21 Å². The van der Waals surface area contributed by atoms with Crippen LogP contribution in [0.4, 0.5) is 5.95 Å². The van der Waals surface area contributed by atoms with Crippen LogP contribution in [-0.4, -0.2) is 9.97 Å². The lowest BCUT2D eigenvalue weighted by Crippen LogP contribution is -1.93. The van der Waals surface area contributed by atoms with Gasteiger partial charge in [-0.3, -0.25) is 0 Å². The van der Waals surface area contributed by atoms with Crippen LogP contribution in [0.3, 0.4) is 0 Å². The molecule has 0 aliphatic heterocycles. The van der Waals surface area contributed by atoms with E-state index in [0.717, 1.165) is 0 Å². The molecule has 9 heavy (non-hydrogen) atoms. The third-order valence-electron chi connectivity index (χ3n) is 0.699. The summed E-state index contributed by atoms with van der Waals surface area (Å²) in [4.78, 5) is 7.45. The Morgan fingerprint density at radius 3 is 2.67 bits per heavy atom. The molecule has 0 aromatic carbocycles. The number of hydrogen-bond donors (Lipinski definition) is 1. The Hall–Kier alpha value is -1.10. The fourth-order valence-electron chi connectivity index (χ4n) is 0.389. The third-order valence-corrected chi connectivity index (χ3v) is 0.965. The summed E-state index contributed by atoms with van der Waals surface area (Å²) >= 11 is 0.230. The van der Waals surface area contributed by atoms with E-state index in [1.54, 1.807) is 18.5 Å². The molecule has 4 nitrogen and oxygen atoms in total. The van der Waals surface area contributed by atoms with Gasteiger partial charge in [0.25, 0.3) is 5.95 Å². The average Bonchev–Trinajstić information content (AvgIpc) is 1.91. The van der Waals surface area contributed by atoms with Crippen LogP contribution in [-0.2, 0) is 16.1 Å². The van der Waals surface area contributed by atoms with Crippen molar-refractivity contribution in [2.75, 3.05) is 4.72 Å². The van der Waals surface area contributed by atoms with E-state index in [1.165, 1.54) is 0 Å². The summed E-state index contributed by atoms with van der Waals surface area (Å²) in [5, 5.41) is 0. The minimum atomic E-state index is 0.230. The van der Waals surface area contributed by atoms with Crippen molar-refractivity contribution in [3.63, 3.8) is 0 Å².